The zero-order chi connectivity index (χ0) is 14.8. The van der Waals surface area contributed by atoms with Gasteiger partial charge < -0.3 is 10.4 Å². The minimum absolute atomic E-state index is 0.0501. The molecule has 3 aliphatic rings. The first kappa shape index (κ1) is 15.3. The van der Waals surface area contributed by atoms with Crippen LogP contribution in [-0.2, 0) is 4.79 Å². The molecule has 0 bridgehead atoms. The summed E-state index contributed by atoms with van der Waals surface area (Å²) in [5.74, 6) is 0.579. The lowest BCUT2D eigenvalue weighted by Crippen LogP contribution is -2.51. The van der Waals surface area contributed by atoms with Gasteiger partial charge in [-0.1, -0.05) is 19.3 Å². The first-order valence-corrected chi connectivity index (χ1v) is 8.91. The van der Waals surface area contributed by atoms with Gasteiger partial charge in [0.05, 0.1) is 12.1 Å². The Morgan fingerprint density at radius 1 is 1.10 bits per heavy atom. The number of aliphatic hydroxyl groups excluding tert-OH is 1. The molecule has 1 aliphatic heterocycles. The van der Waals surface area contributed by atoms with E-state index in [1.807, 2.05) is 6.92 Å². The number of carbonyl (C=O) groups is 1. The predicted molar refractivity (Wildman–Crippen MR) is 82.9 cm³/mol. The van der Waals surface area contributed by atoms with Crippen LogP contribution in [0.2, 0.25) is 0 Å². The lowest BCUT2D eigenvalue weighted by atomic mass is 9.93. The molecule has 2 N–H and O–H groups in total. The molecule has 2 aliphatic carbocycles. The van der Waals surface area contributed by atoms with Crippen LogP contribution in [0.1, 0.15) is 64.7 Å². The topological polar surface area (TPSA) is 52.6 Å². The van der Waals surface area contributed by atoms with E-state index in [0.717, 1.165) is 51.5 Å². The van der Waals surface area contributed by atoms with E-state index in [-0.39, 0.29) is 18.1 Å². The second-order valence-corrected chi connectivity index (χ2v) is 7.28. The van der Waals surface area contributed by atoms with Crippen molar-refractivity contribution < 1.29 is 9.90 Å². The average Bonchev–Trinajstić information content (AvgIpc) is 3.18. The Morgan fingerprint density at radius 3 is 2.52 bits per heavy atom. The molecular formula is C17H30N2O2. The van der Waals surface area contributed by atoms with E-state index in [1.165, 1.54) is 12.8 Å². The van der Waals surface area contributed by atoms with Crippen LogP contribution in [0.5, 0.6) is 0 Å². The van der Waals surface area contributed by atoms with E-state index >= 15 is 0 Å². The van der Waals surface area contributed by atoms with Gasteiger partial charge in [0.15, 0.2) is 0 Å². The molecule has 4 atom stereocenters. The van der Waals surface area contributed by atoms with Crippen molar-refractivity contribution in [3.8, 4) is 0 Å². The van der Waals surface area contributed by atoms with Crippen LogP contribution in [-0.4, -0.2) is 46.7 Å². The van der Waals surface area contributed by atoms with Gasteiger partial charge in [-0.05, 0) is 52.0 Å². The van der Waals surface area contributed by atoms with E-state index in [9.17, 15) is 9.90 Å². The van der Waals surface area contributed by atoms with Gasteiger partial charge in [0.1, 0.15) is 0 Å². The van der Waals surface area contributed by atoms with Crippen LogP contribution in [0.3, 0.4) is 0 Å². The monoisotopic (exact) mass is 294 g/mol. The Kier molecular flexibility index (Phi) is 4.85. The first-order valence-electron chi connectivity index (χ1n) is 8.91. The molecule has 0 spiro atoms. The lowest BCUT2D eigenvalue weighted by Gasteiger charge is -2.35. The summed E-state index contributed by atoms with van der Waals surface area (Å²) in [6.45, 7) is 3.05. The third-order valence-electron chi connectivity index (χ3n) is 5.95. The fourth-order valence-electron chi connectivity index (χ4n) is 4.72. The number of nitrogens with one attached hydrogen (secondary N) is 1. The van der Waals surface area contributed by atoms with E-state index < -0.39 is 0 Å². The highest BCUT2D eigenvalue weighted by atomic mass is 16.3. The molecule has 21 heavy (non-hydrogen) atoms. The van der Waals surface area contributed by atoms with Crippen LogP contribution >= 0.6 is 0 Å². The molecular weight excluding hydrogens is 264 g/mol. The summed E-state index contributed by atoms with van der Waals surface area (Å²) in [5.41, 5.74) is 0. The highest BCUT2D eigenvalue weighted by Crippen LogP contribution is 2.36. The Bertz CT molecular complexity index is 368. The lowest BCUT2D eigenvalue weighted by molar-refractivity contribution is -0.127. The van der Waals surface area contributed by atoms with Crippen molar-refractivity contribution in [1.29, 1.82) is 0 Å². The average molecular weight is 294 g/mol. The standard InChI is InChI=1S/C17H30N2O2/c1-12(17(21)18-13-6-2-3-7-13)19-11-5-9-15(19)14-8-4-10-16(14)20/h12-16,20H,2-11H2,1H3,(H,18,21). The van der Waals surface area contributed by atoms with Crippen molar-refractivity contribution in [1.82, 2.24) is 10.2 Å². The summed E-state index contributed by atoms with van der Waals surface area (Å²) >= 11 is 0. The highest BCUT2D eigenvalue weighted by molar-refractivity contribution is 5.81. The van der Waals surface area contributed by atoms with E-state index in [4.69, 9.17) is 0 Å². The maximum atomic E-state index is 12.5. The van der Waals surface area contributed by atoms with Gasteiger partial charge in [0.25, 0.3) is 0 Å². The Labute approximate surface area is 128 Å². The number of rotatable bonds is 4. The van der Waals surface area contributed by atoms with Crippen LogP contribution in [0.25, 0.3) is 0 Å². The largest absolute Gasteiger partial charge is 0.393 e. The molecule has 0 radical (unpaired) electrons. The normalized spacial score (nSPS) is 36.2. The summed E-state index contributed by atoms with van der Waals surface area (Å²) in [6, 6.07) is 0.760. The zero-order valence-corrected chi connectivity index (χ0v) is 13.3. The fourth-order valence-corrected chi connectivity index (χ4v) is 4.72. The fraction of sp³-hybridized carbons (Fsp3) is 0.941. The molecule has 1 amide bonds. The molecule has 2 saturated carbocycles. The van der Waals surface area contributed by atoms with Crippen LogP contribution in [0.4, 0.5) is 0 Å². The SMILES string of the molecule is CC(C(=O)NC1CCCC1)N1CCCC1C1CCCC1O. The molecule has 120 valence electrons. The molecule has 4 unspecified atom stereocenters. The maximum Gasteiger partial charge on any atom is 0.237 e. The summed E-state index contributed by atoms with van der Waals surface area (Å²) in [7, 11) is 0. The highest BCUT2D eigenvalue weighted by Gasteiger charge is 2.41. The summed E-state index contributed by atoms with van der Waals surface area (Å²) in [6.07, 6.45) is 10.1. The minimum atomic E-state index is -0.152. The maximum absolute atomic E-state index is 12.5. The van der Waals surface area contributed by atoms with E-state index in [2.05, 4.69) is 10.2 Å². The van der Waals surface area contributed by atoms with Crippen molar-refractivity contribution in [3.05, 3.63) is 0 Å². The van der Waals surface area contributed by atoms with Crippen molar-refractivity contribution in [2.45, 2.75) is 88.9 Å². The van der Waals surface area contributed by atoms with Crippen LogP contribution < -0.4 is 5.32 Å². The van der Waals surface area contributed by atoms with E-state index in [0.29, 0.717) is 18.0 Å². The van der Waals surface area contributed by atoms with Gasteiger partial charge in [-0.3, -0.25) is 9.69 Å². The molecule has 3 fully saturated rings. The molecule has 0 aromatic rings. The number of nitrogens with zero attached hydrogens (tertiary/aromatic N) is 1. The zero-order valence-electron chi connectivity index (χ0n) is 13.3. The van der Waals surface area contributed by atoms with Gasteiger partial charge in [-0.25, -0.2) is 0 Å². The van der Waals surface area contributed by atoms with Crippen LogP contribution in [0.15, 0.2) is 0 Å². The molecule has 4 nitrogen and oxygen atoms in total. The quantitative estimate of drug-likeness (QED) is 0.834. The minimum Gasteiger partial charge on any atom is -0.393 e. The molecule has 0 aromatic heterocycles. The third kappa shape index (κ3) is 3.26. The van der Waals surface area contributed by atoms with Crippen molar-refractivity contribution in [2.24, 2.45) is 5.92 Å². The second kappa shape index (κ2) is 6.66. The summed E-state index contributed by atoms with van der Waals surface area (Å²) in [4.78, 5) is 14.9. The molecule has 1 heterocycles. The number of amides is 1. The predicted octanol–water partition coefficient (Wildman–Crippen LogP) is 2.06. The van der Waals surface area contributed by atoms with Crippen molar-refractivity contribution >= 4 is 5.91 Å². The van der Waals surface area contributed by atoms with E-state index in [1.54, 1.807) is 0 Å². The Morgan fingerprint density at radius 2 is 1.86 bits per heavy atom. The number of hydrogen-bond donors (Lipinski definition) is 2. The number of likely N-dealkylation sites (tertiary alicyclic amines) is 1. The smallest absolute Gasteiger partial charge is 0.237 e. The van der Waals surface area contributed by atoms with Crippen molar-refractivity contribution in [2.75, 3.05) is 6.54 Å². The van der Waals surface area contributed by atoms with Gasteiger partial charge in [0, 0.05) is 18.0 Å². The Hall–Kier alpha value is -0.610. The molecule has 0 aromatic carbocycles. The molecule has 3 rings (SSSR count). The number of hydrogen-bond acceptors (Lipinski definition) is 3. The van der Waals surface area contributed by atoms with Gasteiger partial charge >= 0.3 is 0 Å². The van der Waals surface area contributed by atoms with Crippen LogP contribution in [0, 0.1) is 5.92 Å². The second-order valence-electron chi connectivity index (χ2n) is 7.28. The number of aliphatic hydroxyl groups is 1. The number of carbonyl (C=O) groups excluding carboxylic acids is 1. The molecule has 1 saturated heterocycles. The summed E-state index contributed by atoms with van der Waals surface area (Å²) in [5, 5.41) is 13.4. The summed E-state index contributed by atoms with van der Waals surface area (Å²) < 4.78 is 0. The molecule has 4 heteroatoms. The van der Waals surface area contributed by atoms with Gasteiger partial charge in [0.2, 0.25) is 5.91 Å². The first-order chi connectivity index (χ1) is 10.2. The van der Waals surface area contributed by atoms with Crippen molar-refractivity contribution in [3.63, 3.8) is 0 Å². The van der Waals surface area contributed by atoms with Gasteiger partial charge in [-0.2, -0.15) is 0 Å². The Balaban J connectivity index is 1.59. The third-order valence-corrected chi connectivity index (χ3v) is 5.95. The van der Waals surface area contributed by atoms with Gasteiger partial charge in [-0.15, -0.1) is 0 Å².